The summed E-state index contributed by atoms with van der Waals surface area (Å²) in [6.07, 6.45) is 0.444. The van der Waals surface area contributed by atoms with E-state index in [1.807, 2.05) is 0 Å². The molecule has 1 rings (SSSR count). The van der Waals surface area contributed by atoms with Gasteiger partial charge in [-0.2, -0.15) is 5.10 Å². The lowest BCUT2D eigenvalue weighted by atomic mass is 10.2. The Morgan fingerprint density at radius 3 is 1.89 bits per heavy atom. The third-order valence-electron chi connectivity index (χ3n) is 1.83. The zero-order valence-electron chi connectivity index (χ0n) is 8.82. The minimum atomic E-state index is -2.22. The van der Waals surface area contributed by atoms with E-state index in [0.717, 1.165) is 0 Å². The van der Waals surface area contributed by atoms with E-state index in [1.54, 1.807) is 0 Å². The number of hydrazone groups is 1. The van der Waals surface area contributed by atoms with Crippen LogP contribution >= 0.6 is 12.2 Å². The Bertz CT molecular complexity index is 488. The van der Waals surface area contributed by atoms with Gasteiger partial charge in [-0.25, -0.2) is 22.0 Å². The van der Waals surface area contributed by atoms with Crippen LogP contribution in [-0.4, -0.2) is 18.4 Å². The Hall–Kier alpha value is -1.77. The van der Waals surface area contributed by atoms with Gasteiger partial charge in [0.2, 0.25) is 5.82 Å². The first-order chi connectivity index (χ1) is 8.40. The van der Waals surface area contributed by atoms with Gasteiger partial charge in [0.1, 0.15) is 0 Å². The predicted octanol–water partition coefficient (Wildman–Crippen LogP) is 1.81. The summed E-state index contributed by atoms with van der Waals surface area (Å²) in [5.41, 5.74) is 0.952. The van der Waals surface area contributed by atoms with Crippen LogP contribution in [0.25, 0.3) is 0 Å². The molecule has 1 aromatic rings. The lowest BCUT2D eigenvalue weighted by Gasteiger charge is -2.04. The minimum Gasteiger partial charge on any atom is -0.364 e. The molecule has 0 saturated heterocycles. The fourth-order valence-electron chi connectivity index (χ4n) is 0.947. The van der Waals surface area contributed by atoms with E-state index in [9.17, 15) is 22.0 Å². The molecule has 0 atom stereocenters. The average Bonchev–Trinajstić information content (AvgIpc) is 2.37. The number of benzene rings is 1. The minimum absolute atomic E-state index is 0.00937. The molecule has 0 aliphatic rings. The quantitative estimate of drug-likeness (QED) is 0.217. The van der Waals surface area contributed by atoms with E-state index in [2.05, 4.69) is 28.1 Å². The SMILES string of the molecule is CNC(=S)N/N=C\c1c(F)c(F)c(F)c(F)c1F. The van der Waals surface area contributed by atoms with Crippen LogP contribution in [0.2, 0.25) is 0 Å². The maximum absolute atomic E-state index is 13.1. The molecule has 0 saturated carbocycles. The summed E-state index contributed by atoms with van der Waals surface area (Å²) in [7, 11) is 1.45. The van der Waals surface area contributed by atoms with Gasteiger partial charge >= 0.3 is 0 Å². The molecule has 0 bridgehead atoms. The number of rotatable bonds is 2. The van der Waals surface area contributed by atoms with Gasteiger partial charge in [-0.1, -0.05) is 0 Å². The van der Waals surface area contributed by atoms with Crippen LogP contribution in [0, 0.1) is 29.1 Å². The Kier molecular flexibility index (Phi) is 4.54. The molecular weight excluding hydrogens is 277 g/mol. The number of nitrogens with one attached hydrogen (secondary N) is 2. The van der Waals surface area contributed by atoms with Crippen LogP contribution < -0.4 is 10.7 Å². The Balaban J connectivity index is 3.14. The van der Waals surface area contributed by atoms with E-state index >= 15 is 0 Å². The van der Waals surface area contributed by atoms with Crippen molar-refractivity contribution in [2.75, 3.05) is 7.05 Å². The monoisotopic (exact) mass is 283 g/mol. The summed E-state index contributed by atoms with van der Waals surface area (Å²) >= 11 is 4.58. The molecular formula is C9H6F5N3S. The third kappa shape index (κ3) is 2.73. The highest BCUT2D eigenvalue weighted by Gasteiger charge is 2.24. The number of hydrogen-bond donors (Lipinski definition) is 2. The largest absolute Gasteiger partial charge is 0.364 e. The molecule has 98 valence electrons. The van der Waals surface area contributed by atoms with Crippen molar-refractivity contribution in [2.45, 2.75) is 0 Å². The topological polar surface area (TPSA) is 36.4 Å². The molecule has 0 aliphatic heterocycles. The second-order valence-corrected chi connectivity index (χ2v) is 3.34. The van der Waals surface area contributed by atoms with Crippen LogP contribution in [-0.2, 0) is 0 Å². The summed E-state index contributed by atoms with van der Waals surface area (Å²) in [6.45, 7) is 0. The highest BCUT2D eigenvalue weighted by molar-refractivity contribution is 7.80. The predicted molar refractivity (Wildman–Crippen MR) is 58.6 cm³/mol. The van der Waals surface area contributed by atoms with Crippen LogP contribution in [0.1, 0.15) is 5.56 Å². The maximum atomic E-state index is 13.1. The van der Waals surface area contributed by atoms with E-state index in [4.69, 9.17) is 0 Å². The molecule has 1 aromatic carbocycles. The number of nitrogens with zero attached hydrogens (tertiary/aromatic N) is 1. The molecule has 18 heavy (non-hydrogen) atoms. The molecule has 0 spiro atoms. The van der Waals surface area contributed by atoms with Gasteiger partial charge in [0, 0.05) is 7.05 Å². The van der Waals surface area contributed by atoms with Crippen LogP contribution in [0.3, 0.4) is 0 Å². The maximum Gasteiger partial charge on any atom is 0.200 e. The smallest absolute Gasteiger partial charge is 0.200 e. The van der Waals surface area contributed by atoms with Crippen molar-refractivity contribution in [1.29, 1.82) is 0 Å². The lowest BCUT2D eigenvalue weighted by Crippen LogP contribution is -2.28. The first-order valence-corrected chi connectivity index (χ1v) is 4.83. The van der Waals surface area contributed by atoms with Gasteiger partial charge in [-0.15, -0.1) is 0 Å². The van der Waals surface area contributed by atoms with Crippen molar-refractivity contribution in [3.63, 3.8) is 0 Å². The Morgan fingerprint density at radius 1 is 1.00 bits per heavy atom. The van der Waals surface area contributed by atoms with Gasteiger partial charge in [-0.05, 0) is 12.2 Å². The zero-order chi connectivity index (χ0) is 13.9. The first kappa shape index (κ1) is 14.3. The molecule has 2 N–H and O–H groups in total. The van der Waals surface area contributed by atoms with Crippen molar-refractivity contribution in [3.8, 4) is 0 Å². The molecule has 0 aliphatic carbocycles. The van der Waals surface area contributed by atoms with Crippen molar-refractivity contribution in [3.05, 3.63) is 34.6 Å². The molecule has 3 nitrogen and oxygen atoms in total. The fourth-order valence-corrected chi connectivity index (χ4v) is 0.999. The zero-order valence-corrected chi connectivity index (χ0v) is 9.64. The summed E-state index contributed by atoms with van der Waals surface area (Å²) in [4.78, 5) is 0. The van der Waals surface area contributed by atoms with E-state index in [-0.39, 0.29) is 5.11 Å². The highest BCUT2D eigenvalue weighted by Crippen LogP contribution is 2.21. The molecule has 9 heteroatoms. The standard InChI is InChI=1S/C9H6F5N3S/c1-15-9(18)17-16-2-3-4(10)6(12)8(14)7(13)5(3)11/h2H,1H3,(H2,15,17,18)/b16-2-. The average molecular weight is 283 g/mol. The van der Waals surface area contributed by atoms with Crippen LogP contribution in [0.5, 0.6) is 0 Å². The molecule has 0 fully saturated rings. The van der Waals surface area contributed by atoms with Gasteiger partial charge < -0.3 is 5.32 Å². The summed E-state index contributed by atoms with van der Waals surface area (Å²) in [5.74, 6) is -10.2. The second kappa shape index (κ2) is 5.71. The highest BCUT2D eigenvalue weighted by atomic mass is 32.1. The van der Waals surface area contributed by atoms with Gasteiger partial charge in [-0.3, -0.25) is 5.43 Å². The summed E-state index contributed by atoms with van der Waals surface area (Å²) in [5, 5.41) is 5.66. The van der Waals surface area contributed by atoms with Crippen LogP contribution in [0.4, 0.5) is 22.0 Å². The lowest BCUT2D eigenvalue weighted by molar-refractivity contribution is 0.377. The third-order valence-corrected chi connectivity index (χ3v) is 2.13. The normalized spacial score (nSPS) is 10.8. The molecule has 0 heterocycles. The number of hydrogen-bond acceptors (Lipinski definition) is 2. The Morgan fingerprint density at radius 2 is 1.44 bits per heavy atom. The van der Waals surface area contributed by atoms with Crippen molar-refractivity contribution in [2.24, 2.45) is 5.10 Å². The van der Waals surface area contributed by atoms with E-state index < -0.39 is 34.6 Å². The van der Waals surface area contributed by atoms with Crippen molar-refractivity contribution < 1.29 is 22.0 Å². The summed E-state index contributed by atoms with van der Waals surface area (Å²) < 4.78 is 64.5. The second-order valence-electron chi connectivity index (χ2n) is 2.93. The molecule has 0 amide bonds. The summed E-state index contributed by atoms with van der Waals surface area (Å²) in [6, 6.07) is 0. The molecule has 0 radical (unpaired) electrons. The van der Waals surface area contributed by atoms with Gasteiger partial charge in [0.05, 0.1) is 11.8 Å². The number of halogens is 5. The molecule has 0 unspecified atom stereocenters. The van der Waals surface area contributed by atoms with Crippen molar-refractivity contribution >= 4 is 23.5 Å². The van der Waals surface area contributed by atoms with Gasteiger partial charge in [0.15, 0.2) is 28.4 Å². The van der Waals surface area contributed by atoms with E-state index in [1.165, 1.54) is 7.05 Å². The Labute approximate surface area is 104 Å². The number of thiocarbonyl (C=S) groups is 1. The van der Waals surface area contributed by atoms with E-state index in [0.29, 0.717) is 6.21 Å². The fraction of sp³-hybridized carbons (Fsp3) is 0.111. The van der Waals surface area contributed by atoms with Crippen molar-refractivity contribution in [1.82, 2.24) is 10.7 Å². The van der Waals surface area contributed by atoms with Gasteiger partial charge in [0.25, 0.3) is 0 Å². The van der Waals surface area contributed by atoms with Crippen LogP contribution in [0.15, 0.2) is 5.10 Å². The first-order valence-electron chi connectivity index (χ1n) is 4.42. The molecule has 0 aromatic heterocycles.